The summed E-state index contributed by atoms with van der Waals surface area (Å²) in [5, 5.41) is 0. The summed E-state index contributed by atoms with van der Waals surface area (Å²) in [7, 11) is 0. The Hall–Kier alpha value is 0.983. The van der Waals surface area contributed by atoms with Crippen LogP contribution in [-0.4, -0.2) is 21.9 Å². The van der Waals surface area contributed by atoms with Crippen LogP contribution in [-0.2, 0) is 36.5 Å². The van der Waals surface area contributed by atoms with E-state index in [1.54, 1.807) is 0 Å². The minimum atomic E-state index is 0. The molecule has 0 bridgehead atoms. The summed E-state index contributed by atoms with van der Waals surface area (Å²) in [6, 6.07) is 0. The molecular formula is H4CuO4Zn. The molecule has 0 saturated carbocycles. The third-order valence-corrected chi connectivity index (χ3v) is 0. The molecule has 0 amide bonds. The first-order valence-corrected chi connectivity index (χ1v) is 0. The minimum Gasteiger partial charge on any atom is -0.870 e. The number of hydrogen-bond acceptors (Lipinski definition) is 4. The summed E-state index contributed by atoms with van der Waals surface area (Å²) in [5.74, 6) is 0. The van der Waals surface area contributed by atoms with E-state index in [2.05, 4.69) is 0 Å². The maximum absolute atomic E-state index is 0. The van der Waals surface area contributed by atoms with Crippen LogP contribution >= 0.6 is 0 Å². The van der Waals surface area contributed by atoms with E-state index in [0.717, 1.165) is 0 Å². The third-order valence-electron chi connectivity index (χ3n) is 0. The number of hydrogen-bond donors (Lipinski definition) is 0. The Labute approximate surface area is 58.8 Å². The fourth-order valence-corrected chi connectivity index (χ4v) is 0. The third kappa shape index (κ3) is 81.8. The predicted octanol–water partition coefficient (Wildman–Crippen LogP) is -0.712. The molecule has 0 aliphatic heterocycles. The van der Waals surface area contributed by atoms with Gasteiger partial charge in [0.1, 0.15) is 0 Å². The van der Waals surface area contributed by atoms with Crippen molar-refractivity contribution in [2.24, 2.45) is 0 Å². The average molecular weight is 197 g/mol. The molecule has 0 spiro atoms. The Morgan fingerprint density at radius 3 is 0.500 bits per heavy atom. The van der Waals surface area contributed by atoms with Gasteiger partial charge in [0.15, 0.2) is 0 Å². The molecule has 4 N–H and O–H groups in total. The standard InChI is InChI=1S/Cu.4H2O.Zn/h;4*1H2;/q+2;;;;;+2/p-4. The molecule has 0 aliphatic carbocycles. The fraction of sp³-hybridized carbons (Fsp3) is 0. The predicted molar refractivity (Wildman–Crippen MR) is 7.74 cm³/mol. The van der Waals surface area contributed by atoms with Crippen molar-refractivity contribution in [1.82, 2.24) is 0 Å². The van der Waals surface area contributed by atoms with Gasteiger partial charge in [-0.25, -0.2) is 0 Å². The molecule has 41 valence electrons. The van der Waals surface area contributed by atoms with Gasteiger partial charge in [0.25, 0.3) is 0 Å². The van der Waals surface area contributed by atoms with Crippen LogP contribution in [0, 0.1) is 0 Å². The maximum atomic E-state index is 0. The molecular weight excluding hydrogens is 193 g/mol. The fourth-order valence-electron chi connectivity index (χ4n) is 0. The SMILES string of the molecule is [Cu+2].[OH-].[OH-].[OH-].[OH-].[Zn+2]. The summed E-state index contributed by atoms with van der Waals surface area (Å²) in [6.45, 7) is 0. The van der Waals surface area contributed by atoms with Gasteiger partial charge in [0, 0.05) is 0 Å². The van der Waals surface area contributed by atoms with E-state index >= 15 is 0 Å². The van der Waals surface area contributed by atoms with E-state index < -0.39 is 0 Å². The van der Waals surface area contributed by atoms with Crippen molar-refractivity contribution in [2.75, 3.05) is 0 Å². The second kappa shape index (κ2) is 154. The summed E-state index contributed by atoms with van der Waals surface area (Å²) in [6.07, 6.45) is 0. The smallest absolute Gasteiger partial charge is 0.870 e. The van der Waals surface area contributed by atoms with Crippen molar-refractivity contribution < 1.29 is 58.5 Å². The Bertz CT molecular complexity index is 7.51. The molecule has 0 saturated heterocycles. The second-order valence-electron chi connectivity index (χ2n) is 0. The quantitative estimate of drug-likeness (QED) is 0.476. The van der Waals surface area contributed by atoms with Crippen LogP contribution in [0.1, 0.15) is 0 Å². The number of rotatable bonds is 0. The largest absolute Gasteiger partial charge is 2.00 e. The van der Waals surface area contributed by atoms with Crippen molar-refractivity contribution in [3.8, 4) is 0 Å². The summed E-state index contributed by atoms with van der Waals surface area (Å²) >= 11 is 0. The average Bonchev–Trinajstić information content (AvgIpc) is 0. The van der Waals surface area contributed by atoms with Gasteiger partial charge in [0.2, 0.25) is 0 Å². The van der Waals surface area contributed by atoms with Crippen LogP contribution in [0.4, 0.5) is 0 Å². The van der Waals surface area contributed by atoms with E-state index in [9.17, 15) is 0 Å². The van der Waals surface area contributed by atoms with Gasteiger partial charge in [0.05, 0.1) is 0 Å². The van der Waals surface area contributed by atoms with Crippen molar-refractivity contribution in [2.45, 2.75) is 0 Å². The van der Waals surface area contributed by atoms with Crippen molar-refractivity contribution in [1.29, 1.82) is 0 Å². The zero-order valence-electron chi connectivity index (χ0n) is 2.80. The van der Waals surface area contributed by atoms with Gasteiger partial charge in [-0.05, 0) is 0 Å². The van der Waals surface area contributed by atoms with Crippen LogP contribution < -0.4 is 0 Å². The van der Waals surface area contributed by atoms with E-state index in [4.69, 9.17) is 0 Å². The molecule has 0 aromatic carbocycles. The molecule has 0 aliphatic rings. The molecule has 4 nitrogen and oxygen atoms in total. The summed E-state index contributed by atoms with van der Waals surface area (Å²) in [4.78, 5) is 0. The second-order valence-corrected chi connectivity index (χ2v) is 0. The zero-order valence-corrected chi connectivity index (χ0v) is 6.71. The first-order chi connectivity index (χ1) is 0. The Morgan fingerprint density at radius 1 is 0.500 bits per heavy atom. The molecule has 0 fully saturated rings. The van der Waals surface area contributed by atoms with E-state index in [1.807, 2.05) is 0 Å². The Kier molecular flexibility index (Phi) is 6630. The van der Waals surface area contributed by atoms with Crippen molar-refractivity contribution >= 4 is 0 Å². The zero-order chi connectivity index (χ0) is 0. The molecule has 0 rings (SSSR count). The Balaban J connectivity index is 0. The first kappa shape index (κ1) is 259. The van der Waals surface area contributed by atoms with Crippen molar-refractivity contribution in [3.63, 3.8) is 0 Å². The van der Waals surface area contributed by atoms with Crippen LogP contribution in [0.25, 0.3) is 0 Å². The first-order valence-electron chi connectivity index (χ1n) is 0. The summed E-state index contributed by atoms with van der Waals surface area (Å²) in [5.41, 5.74) is 0. The normalized spacial score (nSPS) is 0. The van der Waals surface area contributed by atoms with Crippen LogP contribution in [0.15, 0.2) is 0 Å². The summed E-state index contributed by atoms with van der Waals surface area (Å²) < 4.78 is 0. The van der Waals surface area contributed by atoms with E-state index in [1.165, 1.54) is 0 Å². The minimum absolute atomic E-state index is 0. The van der Waals surface area contributed by atoms with E-state index in [-0.39, 0.29) is 58.5 Å². The van der Waals surface area contributed by atoms with Gasteiger partial charge < -0.3 is 21.9 Å². The van der Waals surface area contributed by atoms with E-state index in [0.29, 0.717) is 0 Å². The molecule has 6 heavy (non-hydrogen) atoms. The van der Waals surface area contributed by atoms with Crippen LogP contribution in [0.2, 0.25) is 0 Å². The topological polar surface area (TPSA) is 120 Å². The molecule has 0 heterocycles. The molecule has 0 aromatic heterocycles. The monoisotopic (exact) mass is 195 g/mol. The molecule has 0 unspecified atom stereocenters. The molecule has 1 radical (unpaired) electrons. The van der Waals surface area contributed by atoms with Gasteiger partial charge in [-0.15, -0.1) is 0 Å². The van der Waals surface area contributed by atoms with Gasteiger partial charge in [-0.1, -0.05) is 0 Å². The van der Waals surface area contributed by atoms with Crippen molar-refractivity contribution in [3.05, 3.63) is 0 Å². The maximum Gasteiger partial charge on any atom is 2.00 e. The molecule has 6 heteroatoms. The van der Waals surface area contributed by atoms with Crippen LogP contribution in [0.5, 0.6) is 0 Å². The Morgan fingerprint density at radius 2 is 0.500 bits per heavy atom. The van der Waals surface area contributed by atoms with Gasteiger partial charge in [-0.2, -0.15) is 0 Å². The van der Waals surface area contributed by atoms with Gasteiger partial charge >= 0.3 is 36.5 Å². The molecule has 0 aromatic rings. The van der Waals surface area contributed by atoms with Crippen LogP contribution in [0.3, 0.4) is 0 Å². The van der Waals surface area contributed by atoms with Gasteiger partial charge in [-0.3, -0.25) is 0 Å². The molecule has 0 atom stereocenters.